The van der Waals surface area contributed by atoms with Crippen LogP contribution < -0.4 is 25.4 Å². The molecule has 0 bridgehead atoms. The first-order valence-electron chi connectivity index (χ1n) is 15.2. The highest BCUT2D eigenvalue weighted by atomic mass is 32.1. The number of rotatable bonds is 9. The highest BCUT2D eigenvalue weighted by Crippen LogP contribution is 2.45. The Bertz CT molecular complexity index is 1590. The van der Waals surface area contributed by atoms with E-state index < -0.39 is 29.5 Å². The minimum absolute atomic E-state index is 0.0628. The number of nitrogens with zero attached hydrogens (tertiary/aromatic N) is 3. The van der Waals surface area contributed by atoms with Crippen LogP contribution in [0.2, 0.25) is 0 Å². The Morgan fingerprint density at radius 2 is 2.04 bits per heavy atom. The molecule has 4 N–H and O–H groups in total. The molecule has 3 atom stereocenters. The van der Waals surface area contributed by atoms with Gasteiger partial charge in [-0.3, -0.25) is 4.79 Å². The number of anilines is 1. The van der Waals surface area contributed by atoms with E-state index in [4.69, 9.17) is 14.5 Å². The molecule has 3 aromatic rings. The lowest BCUT2D eigenvalue weighted by Crippen LogP contribution is -2.55. The van der Waals surface area contributed by atoms with Crippen LogP contribution in [0.25, 0.3) is 22.3 Å². The third-order valence-corrected chi connectivity index (χ3v) is 8.78. The summed E-state index contributed by atoms with van der Waals surface area (Å²) in [4.78, 5) is 49.8. The van der Waals surface area contributed by atoms with Gasteiger partial charge in [-0.1, -0.05) is 12.2 Å². The third-order valence-electron chi connectivity index (χ3n) is 8.01. The van der Waals surface area contributed by atoms with E-state index in [0.29, 0.717) is 41.4 Å². The zero-order chi connectivity index (χ0) is 32.1. The fraction of sp³-hybridized carbons (Fsp3) is 0.469. The van der Waals surface area contributed by atoms with Gasteiger partial charge in [0.2, 0.25) is 5.91 Å². The van der Waals surface area contributed by atoms with E-state index in [1.807, 2.05) is 55.6 Å². The average molecular weight is 637 g/mol. The first kappa shape index (κ1) is 32.0. The fourth-order valence-electron chi connectivity index (χ4n) is 5.32. The molecule has 240 valence electrons. The van der Waals surface area contributed by atoms with Crippen LogP contribution in [0.4, 0.5) is 9.93 Å². The summed E-state index contributed by atoms with van der Waals surface area (Å²) in [6.45, 7) is 4.68. The number of benzene rings is 1. The fourth-order valence-corrected chi connectivity index (χ4v) is 6.17. The van der Waals surface area contributed by atoms with Crippen molar-refractivity contribution in [2.75, 3.05) is 32.6 Å². The number of hydrogen-bond acceptors (Lipinski definition) is 9. The zero-order valence-electron chi connectivity index (χ0n) is 26.0. The molecule has 1 saturated carbocycles. The minimum Gasteiger partial charge on any atom is -0.497 e. The molecule has 1 aliphatic carbocycles. The van der Waals surface area contributed by atoms with Gasteiger partial charge < -0.3 is 35.4 Å². The number of pyridine rings is 1. The van der Waals surface area contributed by atoms with E-state index >= 15 is 0 Å². The van der Waals surface area contributed by atoms with Crippen molar-refractivity contribution >= 4 is 45.3 Å². The van der Waals surface area contributed by atoms with Crippen LogP contribution in [0.15, 0.2) is 41.8 Å². The molecule has 45 heavy (non-hydrogen) atoms. The number of fused-ring (bicyclic) bond motifs is 2. The zero-order valence-corrected chi connectivity index (χ0v) is 26.8. The molecule has 1 fully saturated rings. The van der Waals surface area contributed by atoms with Crippen LogP contribution in [0, 0.1) is 5.92 Å². The van der Waals surface area contributed by atoms with Gasteiger partial charge in [-0.15, -0.1) is 11.3 Å². The van der Waals surface area contributed by atoms with E-state index in [2.05, 4.69) is 20.9 Å². The van der Waals surface area contributed by atoms with Gasteiger partial charge in [-0.05, 0) is 51.7 Å². The number of carboxylic acids is 1. The number of allylic oxidation sites excluding steroid dienone is 1. The first-order valence-corrected chi connectivity index (χ1v) is 16.1. The number of hydrogen-bond donors (Lipinski definition) is 4. The van der Waals surface area contributed by atoms with Gasteiger partial charge >= 0.3 is 12.0 Å². The van der Waals surface area contributed by atoms with Crippen molar-refractivity contribution in [2.45, 2.75) is 63.6 Å². The van der Waals surface area contributed by atoms with Gasteiger partial charge in [0.05, 0.1) is 24.9 Å². The highest BCUT2D eigenvalue weighted by Gasteiger charge is 2.60. The average Bonchev–Trinajstić information content (AvgIpc) is 3.51. The lowest BCUT2D eigenvalue weighted by Gasteiger charge is -2.25. The number of aromatic nitrogens is 2. The quantitative estimate of drug-likeness (QED) is 0.245. The monoisotopic (exact) mass is 636 g/mol. The number of nitrogens with one attached hydrogen (secondary N) is 3. The molecular formula is C32H40N6O6S. The summed E-state index contributed by atoms with van der Waals surface area (Å²) in [7, 11) is 3.27. The largest absolute Gasteiger partial charge is 0.497 e. The Balaban J connectivity index is 1.38. The van der Waals surface area contributed by atoms with Crippen LogP contribution in [0.5, 0.6) is 11.5 Å². The van der Waals surface area contributed by atoms with Crippen molar-refractivity contribution in [3.63, 3.8) is 0 Å². The number of thiazole rings is 1. The van der Waals surface area contributed by atoms with E-state index in [-0.39, 0.29) is 25.0 Å². The standard InChI is InChI=1S/C32H40N6O6S/c1-19(2)33-30-35-26(18-45-30)25-16-27(22-11-10-21(43-4)15-24(22)34-25)44-14-12-23-28(39)37-32(29(40)41)17-20(32)9-7-5-6-8-13-38(3)31(42)36-23/h7,9-11,15-16,18-20,23H,5-6,8,12-14,17H2,1-4H3,(H,33,35)(H,36,42)(H,37,39)(H,40,41)/b9-7-/t20-,23-,32+/m0/s1. The Morgan fingerprint density at radius 3 is 2.80 bits per heavy atom. The van der Waals surface area contributed by atoms with Crippen LogP contribution in [-0.4, -0.2) is 82.8 Å². The van der Waals surface area contributed by atoms with Crippen molar-refractivity contribution in [1.82, 2.24) is 25.5 Å². The molecule has 3 heterocycles. The molecule has 2 aliphatic rings. The summed E-state index contributed by atoms with van der Waals surface area (Å²) in [6, 6.07) is 6.11. The lowest BCUT2D eigenvalue weighted by atomic mass is 10.1. The van der Waals surface area contributed by atoms with Crippen molar-refractivity contribution in [3.05, 3.63) is 41.8 Å². The van der Waals surface area contributed by atoms with Gasteiger partial charge in [0.1, 0.15) is 28.8 Å². The van der Waals surface area contributed by atoms with E-state index in [0.717, 1.165) is 29.8 Å². The maximum atomic E-state index is 13.5. The third kappa shape index (κ3) is 7.47. The summed E-state index contributed by atoms with van der Waals surface area (Å²) in [5, 5.41) is 22.3. The van der Waals surface area contributed by atoms with Crippen molar-refractivity contribution in [1.29, 1.82) is 0 Å². The number of ether oxygens (including phenoxy) is 2. The van der Waals surface area contributed by atoms with Gasteiger partial charge in [-0.25, -0.2) is 19.6 Å². The molecular weight excluding hydrogens is 596 g/mol. The molecule has 0 spiro atoms. The van der Waals surface area contributed by atoms with E-state index in [1.54, 1.807) is 14.2 Å². The lowest BCUT2D eigenvalue weighted by molar-refractivity contribution is -0.143. The Morgan fingerprint density at radius 1 is 1.22 bits per heavy atom. The Hall–Kier alpha value is -4.39. The highest BCUT2D eigenvalue weighted by molar-refractivity contribution is 7.14. The van der Waals surface area contributed by atoms with Crippen LogP contribution in [0.1, 0.15) is 46.0 Å². The van der Waals surface area contributed by atoms with Crippen molar-refractivity contribution in [3.8, 4) is 22.9 Å². The Kier molecular flexibility index (Phi) is 9.76. The molecule has 5 rings (SSSR count). The number of carboxylic acid groups (broad SMARTS) is 1. The van der Waals surface area contributed by atoms with Crippen molar-refractivity contribution < 1.29 is 29.0 Å². The molecule has 13 heteroatoms. The van der Waals surface area contributed by atoms with Gasteiger partial charge in [-0.2, -0.15) is 0 Å². The predicted molar refractivity (Wildman–Crippen MR) is 173 cm³/mol. The molecule has 0 saturated heterocycles. The van der Waals surface area contributed by atoms with Crippen LogP contribution >= 0.6 is 11.3 Å². The molecule has 1 aromatic carbocycles. The maximum Gasteiger partial charge on any atom is 0.330 e. The molecule has 0 radical (unpaired) electrons. The van der Waals surface area contributed by atoms with Gasteiger partial charge in [0.15, 0.2) is 5.13 Å². The first-order chi connectivity index (χ1) is 21.6. The number of carbonyl (C=O) groups excluding carboxylic acids is 2. The topological polar surface area (TPSA) is 155 Å². The van der Waals surface area contributed by atoms with Gasteiger partial charge in [0, 0.05) is 54.9 Å². The normalized spacial score (nSPS) is 23.0. The predicted octanol–water partition coefficient (Wildman–Crippen LogP) is 4.67. The summed E-state index contributed by atoms with van der Waals surface area (Å²) in [5.74, 6) is -0.771. The second-order valence-corrected chi connectivity index (χ2v) is 12.6. The van der Waals surface area contributed by atoms with Gasteiger partial charge in [0.25, 0.3) is 0 Å². The summed E-state index contributed by atoms with van der Waals surface area (Å²) in [5.41, 5.74) is 0.570. The molecule has 1 aliphatic heterocycles. The number of carbonyl (C=O) groups is 3. The smallest absolute Gasteiger partial charge is 0.330 e. The minimum atomic E-state index is -1.38. The molecule has 2 aromatic heterocycles. The summed E-state index contributed by atoms with van der Waals surface area (Å²) >= 11 is 1.48. The number of methoxy groups -OCH3 is 1. The second-order valence-electron chi connectivity index (χ2n) is 11.8. The van der Waals surface area contributed by atoms with E-state index in [1.165, 1.54) is 16.2 Å². The Labute approximate surface area is 266 Å². The maximum absolute atomic E-state index is 13.5. The molecule has 3 amide bonds. The number of amides is 3. The molecule has 0 unspecified atom stereocenters. The second kappa shape index (κ2) is 13.7. The SMILES string of the molecule is COc1ccc2c(OCC[C@@H]3NC(=O)N(C)CCCC/C=C\[C@H]4C[C@@]4(C(=O)O)NC3=O)cc(-c3csc(NC(C)C)n3)nc2c1. The van der Waals surface area contributed by atoms with E-state index in [9.17, 15) is 19.5 Å². The molecule has 12 nitrogen and oxygen atoms in total. The van der Waals surface area contributed by atoms with Crippen LogP contribution in [0.3, 0.4) is 0 Å². The number of aliphatic carboxylic acids is 1. The summed E-state index contributed by atoms with van der Waals surface area (Å²) < 4.78 is 11.7. The van der Waals surface area contributed by atoms with Crippen molar-refractivity contribution in [2.24, 2.45) is 5.92 Å². The van der Waals surface area contributed by atoms with Crippen LogP contribution in [-0.2, 0) is 9.59 Å². The number of urea groups is 1. The summed E-state index contributed by atoms with van der Waals surface area (Å²) in [6.07, 6.45) is 6.71.